The number of methoxy groups -OCH3 is 1. The van der Waals surface area contributed by atoms with Crippen LogP contribution in [0.3, 0.4) is 0 Å². The molecule has 1 aliphatic carbocycles. The van der Waals surface area contributed by atoms with Crippen LogP contribution in [0.2, 0.25) is 0 Å². The van der Waals surface area contributed by atoms with Gasteiger partial charge in [-0.05, 0) is 74.9 Å². The summed E-state index contributed by atoms with van der Waals surface area (Å²) in [5.41, 5.74) is 10.6. The van der Waals surface area contributed by atoms with E-state index in [0.29, 0.717) is 6.54 Å². The van der Waals surface area contributed by atoms with E-state index in [-0.39, 0.29) is 5.54 Å². The van der Waals surface area contributed by atoms with Crippen LogP contribution < -0.4 is 10.5 Å². The van der Waals surface area contributed by atoms with E-state index in [1.165, 1.54) is 55.5 Å². The molecule has 0 amide bonds. The lowest BCUT2D eigenvalue weighted by Gasteiger charge is -2.46. The Labute approximate surface area is 122 Å². The Morgan fingerprint density at radius 1 is 1.25 bits per heavy atom. The van der Waals surface area contributed by atoms with Gasteiger partial charge in [0, 0.05) is 6.54 Å². The van der Waals surface area contributed by atoms with E-state index in [2.05, 4.69) is 24.0 Å². The molecule has 0 bridgehead atoms. The number of aryl methyl sites for hydroxylation is 1. The normalized spacial score (nSPS) is 26.6. The second-order valence-corrected chi connectivity index (χ2v) is 6.22. The van der Waals surface area contributed by atoms with E-state index in [1.54, 1.807) is 7.11 Å². The zero-order chi connectivity index (χ0) is 14.2. The largest absolute Gasteiger partial charge is 0.496 e. The van der Waals surface area contributed by atoms with Crippen LogP contribution in [0.4, 0.5) is 0 Å². The van der Waals surface area contributed by atoms with E-state index < -0.39 is 0 Å². The summed E-state index contributed by atoms with van der Waals surface area (Å²) < 4.78 is 5.61. The zero-order valence-electron chi connectivity index (χ0n) is 12.7. The van der Waals surface area contributed by atoms with Crippen LogP contribution in [0.1, 0.15) is 42.4 Å². The van der Waals surface area contributed by atoms with E-state index in [4.69, 9.17) is 10.5 Å². The number of fused-ring (bicyclic) bond motifs is 1. The number of ether oxygens (including phenoxy) is 1. The number of nitrogens with two attached hydrogens (primary N) is 1. The molecule has 3 rings (SSSR count). The summed E-state index contributed by atoms with van der Waals surface area (Å²) in [5.74, 6) is 1.04. The fourth-order valence-electron chi connectivity index (χ4n) is 4.31. The Kier molecular flexibility index (Phi) is 3.74. The summed E-state index contributed by atoms with van der Waals surface area (Å²) >= 11 is 0. The van der Waals surface area contributed by atoms with E-state index >= 15 is 0 Å². The Morgan fingerprint density at radius 3 is 2.65 bits per heavy atom. The van der Waals surface area contributed by atoms with Gasteiger partial charge >= 0.3 is 0 Å². The van der Waals surface area contributed by atoms with Gasteiger partial charge in [0.2, 0.25) is 0 Å². The second kappa shape index (κ2) is 5.38. The Balaban J connectivity index is 2.16. The molecule has 20 heavy (non-hydrogen) atoms. The van der Waals surface area contributed by atoms with Gasteiger partial charge in [0.05, 0.1) is 12.6 Å². The minimum absolute atomic E-state index is 0.0444. The molecule has 1 aromatic carbocycles. The topological polar surface area (TPSA) is 38.5 Å². The van der Waals surface area contributed by atoms with Gasteiger partial charge in [0.1, 0.15) is 5.75 Å². The summed E-state index contributed by atoms with van der Waals surface area (Å²) in [4.78, 5) is 2.64. The number of hydrogen-bond acceptors (Lipinski definition) is 3. The summed E-state index contributed by atoms with van der Waals surface area (Å²) in [5, 5.41) is 0. The standard InChI is InChI=1S/C17H26N2O/c1-13-7-8-15(20-2)14-6-5-9-17(12-18,16(13)14)19-10-3-4-11-19/h7-8H,3-6,9-12,18H2,1-2H3. The third kappa shape index (κ3) is 1.95. The van der Waals surface area contributed by atoms with Crippen LogP contribution >= 0.6 is 0 Å². The molecule has 1 fully saturated rings. The minimum Gasteiger partial charge on any atom is -0.496 e. The van der Waals surface area contributed by atoms with Gasteiger partial charge < -0.3 is 10.5 Å². The molecule has 0 radical (unpaired) electrons. The summed E-state index contributed by atoms with van der Waals surface area (Å²) in [6.45, 7) is 5.32. The van der Waals surface area contributed by atoms with Crippen molar-refractivity contribution < 1.29 is 4.74 Å². The zero-order valence-corrected chi connectivity index (χ0v) is 12.7. The molecule has 0 aromatic heterocycles. The van der Waals surface area contributed by atoms with Gasteiger partial charge in [0.25, 0.3) is 0 Å². The highest BCUT2D eigenvalue weighted by atomic mass is 16.5. The molecular formula is C17H26N2O. The molecule has 0 saturated carbocycles. The average molecular weight is 274 g/mol. The van der Waals surface area contributed by atoms with Crippen molar-refractivity contribution in [3.8, 4) is 5.75 Å². The second-order valence-electron chi connectivity index (χ2n) is 6.22. The van der Waals surface area contributed by atoms with Crippen LogP contribution in [0.15, 0.2) is 12.1 Å². The summed E-state index contributed by atoms with van der Waals surface area (Å²) in [7, 11) is 1.78. The number of benzene rings is 1. The maximum Gasteiger partial charge on any atom is 0.122 e. The molecule has 1 heterocycles. The molecule has 2 N–H and O–H groups in total. The van der Waals surface area contributed by atoms with Crippen LogP contribution in [-0.4, -0.2) is 31.6 Å². The van der Waals surface area contributed by atoms with E-state index in [9.17, 15) is 0 Å². The monoisotopic (exact) mass is 274 g/mol. The van der Waals surface area contributed by atoms with Gasteiger partial charge in [-0.3, -0.25) is 4.90 Å². The molecule has 1 saturated heterocycles. The van der Waals surface area contributed by atoms with Crippen molar-refractivity contribution in [2.24, 2.45) is 5.73 Å². The van der Waals surface area contributed by atoms with Crippen molar-refractivity contribution in [1.82, 2.24) is 4.90 Å². The number of hydrogen-bond donors (Lipinski definition) is 1. The summed E-state index contributed by atoms with van der Waals surface area (Å²) in [6.07, 6.45) is 6.13. The smallest absolute Gasteiger partial charge is 0.122 e. The maximum atomic E-state index is 6.31. The number of likely N-dealkylation sites (tertiary alicyclic amines) is 1. The lowest BCUT2D eigenvalue weighted by molar-refractivity contribution is 0.100. The minimum atomic E-state index is 0.0444. The van der Waals surface area contributed by atoms with Crippen molar-refractivity contribution >= 4 is 0 Å². The van der Waals surface area contributed by atoms with Crippen molar-refractivity contribution in [2.75, 3.05) is 26.7 Å². The summed E-state index contributed by atoms with van der Waals surface area (Å²) in [6, 6.07) is 4.31. The highest BCUT2D eigenvalue weighted by Gasteiger charge is 2.43. The maximum absolute atomic E-state index is 6.31. The Hall–Kier alpha value is -1.06. The van der Waals surface area contributed by atoms with Crippen molar-refractivity contribution in [1.29, 1.82) is 0 Å². The molecule has 1 atom stereocenters. The predicted molar refractivity (Wildman–Crippen MR) is 82.2 cm³/mol. The van der Waals surface area contributed by atoms with Crippen LogP contribution in [0, 0.1) is 6.92 Å². The van der Waals surface area contributed by atoms with Crippen molar-refractivity contribution in [2.45, 2.75) is 44.6 Å². The van der Waals surface area contributed by atoms with Gasteiger partial charge in [-0.15, -0.1) is 0 Å². The molecule has 1 aliphatic heterocycles. The van der Waals surface area contributed by atoms with Crippen LogP contribution in [0.25, 0.3) is 0 Å². The van der Waals surface area contributed by atoms with Gasteiger partial charge in [-0.2, -0.15) is 0 Å². The molecule has 2 aliphatic rings. The van der Waals surface area contributed by atoms with E-state index in [1.807, 2.05) is 0 Å². The third-order valence-electron chi connectivity index (χ3n) is 5.23. The molecule has 0 spiro atoms. The third-order valence-corrected chi connectivity index (χ3v) is 5.23. The molecule has 3 nitrogen and oxygen atoms in total. The first-order valence-electron chi connectivity index (χ1n) is 7.85. The van der Waals surface area contributed by atoms with Crippen molar-refractivity contribution in [3.05, 3.63) is 28.8 Å². The molecule has 3 heteroatoms. The Bertz CT molecular complexity index is 494. The van der Waals surface area contributed by atoms with E-state index in [0.717, 1.165) is 12.2 Å². The highest BCUT2D eigenvalue weighted by Crippen LogP contribution is 2.45. The highest BCUT2D eigenvalue weighted by molar-refractivity contribution is 5.50. The lowest BCUT2D eigenvalue weighted by atomic mass is 9.73. The SMILES string of the molecule is COc1ccc(C)c2c1CCCC2(CN)N1CCCC1. The number of nitrogens with zero attached hydrogens (tertiary/aromatic N) is 1. The molecule has 1 unspecified atom stereocenters. The first-order chi connectivity index (χ1) is 9.73. The molecule has 1 aromatic rings. The average Bonchev–Trinajstić information content (AvgIpc) is 3.02. The quantitative estimate of drug-likeness (QED) is 0.920. The van der Waals surface area contributed by atoms with Crippen LogP contribution in [-0.2, 0) is 12.0 Å². The Morgan fingerprint density at radius 2 is 2.00 bits per heavy atom. The number of rotatable bonds is 3. The predicted octanol–water partition coefficient (Wildman–Crippen LogP) is 2.59. The lowest BCUT2D eigenvalue weighted by Crippen LogP contribution is -2.52. The van der Waals surface area contributed by atoms with Crippen LogP contribution in [0.5, 0.6) is 5.75 Å². The van der Waals surface area contributed by atoms with Gasteiger partial charge in [0.15, 0.2) is 0 Å². The van der Waals surface area contributed by atoms with Gasteiger partial charge in [-0.25, -0.2) is 0 Å². The fraction of sp³-hybridized carbons (Fsp3) is 0.647. The van der Waals surface area contributed by atoms with Gasteiger partial charge in [-0.1, -0.05) is 6.07 Å². The molecular weight excluding hydrogens is 248 g/mol. The molecule has 110 valence electrons. The first-order valence-corrected chi connectivity index (χ1v) is 7.85. The first kappa shape index (κ1) is 13.9. The fourth-order valence-corrected chi connectivity index (χ4v) is 4.31. The van der Waals surface area contributed by atoms with Crippen molar-refractivity contribution in [3.63, 3.8) is 0 Å².